The first kappa shape index (κ1) is 17.9. The van der Waals surface area contributed by atoms with Crippen molar-refractivity contribution in [3.8, 4) is 16.3 Å². The highest BCUT2D eigenvalue weighted by molar-refractivity contribution is 9.10. The molecule has 6 heteroatoms. The summed E-state index contributed by atoms with van der Waals surface area (Å²) in [5.41, 5.74) is 1.36. The van der Waals surface area contributed by atoms with Gasteiger partial charge in [-0.2, -0.15) is 0 Å². The zero-order valence-corrected chi connectivity index (χ0v) is 15.7. The van der Waals surface area contributed by atoms with Crippen LogP contribution in [-0.4, -0.2) is 22.7 Å². The van der Waals surface area contributed by atoms with Crippen molar-refractivity contribution in [2.24, 2.45) is 0 Å². The zero-order chi connectivity index (χ0) is 16.8. The average molecular weight is 398 g/mol. The van der Waals surface area contributed by atoms with Crippen LogP contribution in [-0.2, 0) is 0 Å². The molecule has 23 heavy (non-hydrogen) atoms. The summed E-state index contributed by atoms with van der Waals surface area (Å²) in [5, 5.41) is 9.87. The Morgan fingerprint density at radius 3 is 2.78 bits per heavy atom. The van der Waals surface area contributed by atoms with Gasteiger partial charge in [0, 0.05) is 4.47 Å². The van der Waals surface area contributed by atoms with Crippen molar-refractivity contribution >= 4 is 33.2 Å². The summed E-state index contributed by atoms with van der Waals surface area (Å²) in [7, 11) is 0. The van der Waals surface area contributed by atoms with Crippen LogP contribution in [0.25, 0.3) is 10.6 Å². The van der Waals surface area contributed by atoms with Crippen molar-refractivity contribution in [2.45, 2.75) is 39.5 Å². The molecule has 0 aliphatic carbocycles. The molecule has 0 spiro atoms. The first-order valence-corrected chi connectivity index (χ1v) is 9.27. The second-order valence-corrected chi connectivity index (χ2v) is 7.20. The molecule has 0 radical (unpaired) electrons. The van der Waals surface area contributed by atoms with Gasteiger partial charge in [0.05, 0.1) is 17.9 Å². The van der Waals surface area contributed by atoms with Crippen LogP contribution in [0.1, 0.15) is 48.0 Å². The molecular formula is C17H20BrNO3S. The van der Waals surface area contributed by atoms with Crippen LogP contribution in [0.2, 0.25) is 0 Å². The van der Waals surface area contributed by atoms with Crippen molar-refractivity contribution in [2.75, 3.05) is 6.61 Å². The summed E-state index contributed by atoms with van der Waals surface area (Å²) in [6, 6.07) is 5.74. The van der Waals surface area contributed by atoms with Crippen LogP contribution >= 0.6 is 27.3 Å². The minimum atomic E-state index is -0.941. The first-order valence-electron chi connectivity index (χ1n) is 7.66. The summed E-state index contributed by atoms with van der Waals surface area (Å²) in [5.74, 6) is -0.196. The molecule has 124 valence electrons. The second kappa shape index (κ2) is 8.45. The maximum absolute atomic E-state index is 11.2. The molecule has 2 aromatic rings. The number of aromatic nitrogens is 1. The molecule has 2 rings (SSSR count). The van der Waals surface area contributed by atoms with E-state index in [9.17, 15) is 9.90 Å². The topological polar surface area (TPSA) is 59.4 Å². The fourth-order valence-electron chi connectivity index (χ4n) is 2.22. The van der Waals surface area contributed by atoms with E-state index in [0.717, 1.165) is 28.6 Å². The summed E-state index contributed by atoms with van der Waals surface area (Å²) in [6.07, 6.45) is 4.58. The van der Waals surface area contributed by atoms with E-state index in [0.29, 0.717) is 17.3 Å². The molecule has 1 aromatic carbocycles. The summed E-state index contributed by atoms with van der Waals surface area (Å²) < 4.78 is 6.81. The maximum Gasteiger partial charge on any atom is 0.347 e. The number of carboxylic acids is 1. The molecular weight excluding hydrogens is 378 g/mol. The predicted molar refractivity (Wildman–Crippen MR) is 96.6 cm³/mol. The van der Waals surface area contributed by atoms with E-state index in [1.807, 2.05) is 18.2 Å². The third-order valence-corrected chi connectivity index (χ3v) is 5.09. The highest BCUT2D eigenvalue weighted by Crippen LogP contribution is 2.36. The van der Waals surface area contributed by atoms with Crippen molar-refractivity contribution in [1.82, 2.24) is 4.98 Å². The van der Waals surface area contributed by atoms with Crippen LogP contribution < -0.4 is 4.74 Å². The van der Waals surface area contributed by atoms with Crippen LogP contribution in [0, 0.1) is 6.92 Å². The van der Waals surface area contributed by atoms with Gasteiger partial charge in [0.15, 0.2) is 0 Å². The summed E-state index contributed by atoms with van der Waals surface area (Å²) in [6.45, 7) is 4.55. The summed E-state index contributed by atoms with van der Waals surface area (Å²) in [4.78, 5) is 15.9. The largest absolute Gasteiger partial charge is 0.493 e. The first-order chi connectivity index (χ1) is 11.0. The third-order valence-electron chi connectivity index (χ3n) is 3.42. The quantitative estimate of drug-likeness (QED) is 0.594. The lowest BCUT2D eigenvalue weighted by molar-refractivity contribution is 0.0701. The second-order valence-electron chi connectivity index (χ2n) is 5.29. The number of hydrogen-bond donors (Lipinski definition) is 1. The number of aromatic carboxylic acids is 1. The molecule has 0 fully saturated rings. The van der Waals surface area contributed by atoms with E-state index in [-0.39, 0.29) is 4.88 Å². The Morgan fingerprint density at radius 2 is 2.13 bits per heavy atom. The Balaban J connectivity index is 2.21. The smallest absolute Gasteiger partial charge is 0.347 e. The van der Waals surface area contributed by atoms with Crippen molar-refractivity contribution in [3.05, 3.63) is 33.2 Å². The van der Waals surface area contributed by atoms with Crippen LogP contribution in [0.5, 0.6) is 5.75 Å². The number of carboxylic acid groups (broad SMARTS) is 1. The molecule has 0 aliphatic heterocycles. The van der Waals surface area contributed by atoms with Crippen LogP contribution in [0.4, 0.5) is 0 Å². The van der Waals surface area contributed by atoms with Crippen LogP contribution in [0.15, 0.2) is 22.7 Å². The molecule has 0 unspecified atom stereocenters. The van der Waals surface area contributed by atoms with E-state index in [2.05, 4.69) is 27.8 Å². The van der Waals surface area contributed by atoms with Gasteiger partial charge in [0.25, 0.3) is 0 Å². The lowest BCUT2D eigenvalue weighted by Gasteiger charge is -2.10. The number of aryl methyl sites for hydroxylation is 1. The van der Waals surface area contributed by atoms with Gasteiger partial charge in [-0.05, 0) is 31.5 Å². The van der Waals surface area contributed by atoms with Gasteiger partial charge in [-0.1, -0.05) is 42.1 Å². The number of carbonyl (C=O) groups is 1. The molecule has 0 amide bonds. The average Bonchev–Trinajstić information content (AvgIpc) is 2.90. The standard InChI is InChI=1S/C17H20BrNO3S/c1-3-4-5-6-9-22-14-8-7-12(18)10-13(14)16-19-11(2)15(23-16)17(20)21/h7-8,10H,3-6,9H2,1-2H3,(H,20,21). The van der Waals surface area contributed by atoms with E-state index in [1.54, 1.807) is 6.92 Å². The molecule has 1 aromatic heterocycles. The van der Waals surface area contributed by atoms with E-state index < -0.39 is 5.97 Å². The fourth-order valence-corrected chi connectivity index (χ4v) is 3.50. The number of hydrogen-bond acceptors (Lipinski definition) is 4. The maximum atomic E-state index is 11.2. The van der Waals surface area contributed by atoms with Gasteiger partial charge in [-0.25, -0.2) is 9.78 Å². The van der Waals surface area contributed by atoms with Gasteiger partial charge >= 0.3 is 5.97 Å². The molecule has 1 N–H and O–H groups in total. The number of benzene rings is 1. The minimum Gasteiger partial charge on any atom is -0.493 e. The van der Waals surface area contributed by atoms with Gasteiger partial charge < -0.3 is 9.84 Å². The van der Waals surface area contributed by atoms with Gasteiger partial charge in [0.2, 0.25) is 0 Å². The van der Waals surface area contributed by atoms with E-state index in [1.165, 1.54) is 24.2 Å². The van der Waals surface area contributed by atoms with Crippen LogP contribution in [0.3, 0.4) is 0 Å². The summed E-state index contributed by atoms with van der Waals surface area (Å²) >= 11 is 4.63. The molecule has 1 heterocycles. The zero-order valence-electron chi connectivity index (χ0n) is 13.3. The lowest BCUT2D eigenvalue weighted by atomic mass is 10.2. The van der Waals surface area contributed by atoms with Crippen molar-refractivity contribution in [1.29, 1.82) is 0 Å². The van der Waals surface area contributed by atoms with E-state index >= 15 is 0 Å². The highest BCUT2D eigenvalue weighted by atomic mass is 79.9. The molecule has 0 atom stereocenters. The van der Waals surface area contributed by atoms with Gasteiger partial charge in [0.1, 0.15) is 15.6 Å². The Hall–Kier alpha value is -1.40. The number of thiazole rings is 1. The lowest BCUT2D eigenvalue weighted by Crippen LogP contribution is -1.98. The van der Waals surface area contributed by atoms with Gasteiger partial charge in [-0.15, -0.1) is 11.3 Å². The molecule has 0 saturated heterocycles. The predicted octanol–water partition coefficient (Wildman–Crippen LogP) is 5.54. The van der Waals surface area contributed by atoms with Gasteiger partial charge in [-0.3, -0.25) is 0 Å². The number of halogens is 1. The third kappa shape index (κ3) is 4.78. The van der Waals surface area contributed by atoms with E-state index in [4.69, 9.17) is 4.74 Å². The number of ether oxygens (including phenoxy) is 1. The number of nitrogens with zero attached hydrogens (tertiary/aromatic N) is 1. The molecule has 4 nitrogen and oxygen atoms in total. The Labute approximate surface area is 148 Å². The number of unbranched alkanes of at least 4 members (excludes halogenated alkanes) is 3. The number of rotatable bonds is 8. The SMILES string of the molecule is CCCCCCOc1ccc(Br)cc1-c1nc(C)c(C(=O)O)s1. The van der Waals surface area contributed by atoms with Crippen molar-refractivity contribution in [3.63, 3.8) is 0 Å². The molecule has 0 saturated carbocycles. The Kier molecular flexibility index (Phi) is 6.59. The van der Waals surface area contributed by atoms with Crippen molar-refractivity contribution < 1.29 is 14.6 Å². The molecule has 0 aliphatic rings. The monoisotopic (exact) mass is 397 g/mol. The highest BCUT2D eigenvalue weighted by Gasteiger charge is 2.18. The Bertz CT molecular complexity index is 684. The fraction of sp³-hybridized carbons (Fsp3) is 0.412. The Morgan fingerprint density at radius 1 is 1.35 bits per heavy atom. The minimum absolute atomic E-state index is 0.272. The molecule has 0 bridgehead atoms. The normalized spacial score (nSPS) is 10.7.